The van der Waals surface area contributed by atoms with Gasteiger partial charge in [0.2, 0.25) is 5.88 Å². The summed E-state index contributed by atoms with van der Waals surface area (Å²) in [6, 6.07) is 18.7. The molecule has 1 unspecified atom stereocenters. The van der Waals surface area contributed by atoms with Crippen LogP contribution in [-0.4, -0.2) is 25.1 Å². The summed E-state index contributed by atoms with van der Waals surface area (Å²) < 4.78 is 1.51. The van der Waals surface area contributed by atoms with Crippen LogP contribution in [0.15, 0.2) is 92.2 Å². The van der Waals surface area contributed by atoms with Gasteiger partial charge in [0.05, 0.1) is 10.7 Å². The number of nitrogens with one attached hydrogen (secondary N) is 2. The van der Waals surface area contributed by atoms with E-state index >= 15 is 0 Å². The molecule has 0 aliphatic carbocycles. The summed E-state index contributed by atoms with van der Waals surface area (Å²) in [5.41, 5.74) is 3.42. The topological polar surface area (TPSA) is 86.7 Å². The van der Waals surface area contributed by atoms with Gasteiger partial charge >= 0.3 is 0 Å². The molecule has 32 heavy (non-hydrogen) atoms. The van der Waals surface area contributed by atoms with Gasteiger partial charge in [-0.1, -0.05) is 59.8 Å². The lowest BCUT2D eigenvalue weighted by molar-refractivity contribution is 0.385. The smallest absolute Gasteiger partial charge is 0.282 e. The van der Waals surface area contributed by atoms with Crippen LogP contribution in [0.25, 0.3) is 11.3 Å². The van der Waals surface area contributed by atoms with Gasteiger partial charge in [0, 0.05) is 11.1 Å². The van der Waals surface area contributed by atoms with Gasteiger partial charge in [0.15, 0.2) is 0 Å². The van der Waals surface area contributed by atoms with Crippen LogP contribution in [0, 0.1) is 0 Å². The second-order valence-corrected chi connectivity index (χ2v) is 9.29. The molecule has 5 aromatic rings. The zero-order chi connectivity index (χ0) is 22.1. The van der Waals surface area contributed by atoms with Crippen LogP contribution < -0.4 is 5.56 Å². The Kier molecular flexibility index (Phi) is 5.65. The molecular weight excluding hydrogens is 464 g/mol. The molecule has 0 fully saturated rings. The Labute approximate surface area is 196 Å². The van der Waals surface area contributed by atoms with Gasteiger partial charge in [0.25, 0.3) is 5.56 Å². The SMILES string of the molecule is O=c1[nH]n(C(c2ccc(-c3ccn[nH]3)cc2)c2ccsc2)c(O)c1Sc1ccccc1Cl. The molecule has 3 heterocycles. The first kappa shape index (κ1) is 20.7. The van der Waals surface area contributed by atoms with Crippen molar-refractivity contribution in [2.45, 2.75) is 15.8 Å². The minimum absolute atomic E-state index is 0.131. The van der Waals surface area contributed by atoms with E-state index in [0.29, 0.717) is 9.92 Å². The van der Waals surface area contributed by atoms with Crippen LogP contribution >= 0.6 is 34.7 Å². The highest BCUT2D eigenvalue weighted by molar-refractivity contribution is 7.99. The number of rotatable bonds is 6. The molecular formula is C23H17ClN4O2S2. The summed E-state index contributed by atoms with van der Waals surface area (Å²) >= 11 is 8.96. The van der Waals surface area contributed by atoms with E-state index < -0.39 is 6.04 Å². The Morgan fingerprint density at radius 2 is 1.88 bits per heavy atom. The van der Waals surface area contributed by atoms with E-state index in [1.54, 1.807) is 23.6 Å². The normalized spacial score (nSPS) is 12.2. The van der Waals surface area contributed by atoms with E-state index in [1.807, 2.05) is 65.4 Å². The van der Waals surface area contributed by atoms with Crippen molar-refractivity contribution in [2.75, 3.05) is 0 Å². The predicted molar refractivity (Wildman–Crippen MR) is 128 cm³/mol. The van der Waals surface area contributed by atoms with Gasteiger partial charge in [-0.25, -0.2) is 4.68 Å². The lowest BCUT2D eigenvalue weighted by atomic mass is 9.99. The minimum Gasteiger partial charge on any atom is -0.493 e. The molecule has 1 atom stereocenters. The van der Waals surface area contributed by atoms with Crippen LogP contribution in [-0.2, 0) is 0 Å². The first-order chi connectivity index (χ1) is 15.6. The number of aromatic amines is 2. The number of benzene rings is 2. The highest BCUT2D eigenvalue weighted by Crippen LogP contribution is 2.39. The van der Waals surface area contributed by atoms with Crippen molar-refractivity contribution in [1.29, 1.82) is 0 Å². The molecule has 0 spiro atoms. The number of hydrogen-bond donors (Lipinski definition) is 3. The maximum Gasteiger partial charge on any atom is 0.282 e. The molecule has 0 radical (unpaired) electrons. The summed E-state index contributed by atoms with van der Waals surface area (Å²) in [7, 11) is 0. The van der Waals surface area contributed by atoms with E-state index in [-0.39, 0.29) is 16.3 Å². The van der Waals surface area contributed by atoms with Crippen molar-refractivity contribution in [3.05, 3.63) is 104 Å². The van der Waals surface area contributed by atoms with E-state index in [9.17, 15) is 9.90 Å². The Hall–Kier alpha value is -3.20. The lowest BCUT2D eigenvalue weighted by Gasteiger charge is -2.19. The minimum atomic E-state index is -0.398. The van der Waals surface area contributed by atoms with Crippen LogP contribution in [0.5, 0.6) is 5.88 Å². The third-order valence-electron chi connectivity index (χ3n) is 5.06. The van der Waals surface area contributed by atoms with Crippen molar-refractivity contribution in [2.24, 2.45) is 0 Å². The molecule has 0 saturated heterocycles. The zero-order valence-corrected chi connectivity index (χ0v) is 18.9. The highest BCUT2D eigenvalue weighted by atomic mass is 35.5. The first-order valence-electron chi connectivity index (χ1n) is 9.69. The molecule has 160 valence electrons. The third kappa shape index (κ3) is 3.88. The Balaban J connectivity index is 1.57. The van der Waals surface area contributed by atoms with E-state index in [0.717, 1.165) is 34.1 Å². The van der Waals surface area contributed by atoms with Crippen LogP contribution in [0.2, 0.25) is 5.02 Å². The number of H-pyrrole nitrogens is 2. The van der Waals surface area contributed by atoms with Gasteiger partial charge in [0.1, 0.15) is 10.9 Å². The van der Waals surface area contributed by atoms with Gasteiger partial charge in [-0.15, -0.1) is 0 Å². The summed E-state index contributed by atoms with van der Waals surface area (Å²) in [6.07, 6.45) is 1.71. The van der Waals surface area contributed by atoms with Crippen LogP contribution in [0.1, 0.15) is 17.2 Å². The van der Waals surface area contributed by atoms with Crippen LogP contribution in [0.3, 0.4) is 0 Å². The monoisotopic (exact) mass is 480 g/mol. The average Bonchev–Trinajstić information content (AvgIpc) is 3.56. The quantitative estimate of drug-likeness (QED) is 0.287. The molecule has 3 aromatic heterocycles. The lowest BCUT2D eigenvalue weighted by Crippen LogP contribution is -2.15. The fraction of sp³-hybridized carbons (Fsp3) is 0.0435. The Morgan fingerprint density at radius 3 is 2.56 bits per heavy atom. The molecule has 0 aliphatic rings. The van der Waals surface area contributed by atoms with Crippen molar-refractivity contribution in [3.8, 4) is 17.1 Å². The van der Waals surface area contributed by atoms with Crippen molar-refractivity contribution in [1.82, 2.24) is 20.0 Å². The molecule has 0 saturated carbocycles. The van der Waals surface area contributed by atoms with Crippen LogP contribution in [0.4, 0.5) is 0 Å². The summed E-state index contributed by atoms with van der Waals surface area (Å²) in [6.45, 7) is 0. The summed E-state index contributed by atoms with van der Waals surface area (Å²) in [5, 5.41) is 25.3. The molecule has 0 amide bonds. The summed E-state index contributed by atoms with van der Waals surface area (Å²) in [5.74, 6) is -0.131. The molecule has 0 aliphatic heterocycles. The van der Waals surface area contributed by atoms with Gasteiger partial charge in [-0.05, 0) is 51.7 Å². The first-order valence-corrected chi connectivity index (χ1v) is 11.8. The van der Waals surface area contributed by atoms with Crippen molar-refractivity contribution >= 4 is 34.7 Å². The number of nitrogens with zero attached hydrogens (tertiary/aromatic N) is 2. The average molecular weight is 481 g/mol. The Bertz CT molecular complexity index is 1390. The van der Waals surface area contributed by atoms with Crippen molar-refractivity contribution < 1.29 is 5.11 Å². The molecule has 5 rings (SSSR count). The Morgan fingerprint density at radius 1 is 1.06 bits per heavy atom. The van der Waals surface area contributed by atoms with E-state index in [1.165, 1.54) is 4.68 Å². The number of aromatic hydroxyl groups is 1. The second kappa shape index (κ2) is 8.74. The highest BCUT2D eigenvalue weighted by Gasteiger charge is 2.25. The molecule has 0 bridgehead atoms. The largest absolute Gasteiger partial charge is 0.493 e. The fourth-order valence-corrected chi connectivity index (χ4v) is 5.31. The predicted octanol–water partition coefficient (Wildman–Crippen LogP) is 5.78. The van der Waals surface area contributed by atoms with Gasteiger partial charge in [-0.3, -0.25) is 15.0 Å². The van der Waals surface area contributed by atoms with Crippen molar-refractivity contribution in [3.63, 3.8) is 0 Å². The molecule has 6 nitrogen and oxygen atoms in total. The van der Waals surface area contributed by atoms with E-state index in [2.05, 4.69) is 15.3 Å². The number of aromatic nitrogens is 4. The second-order valence-electron chi connectivity index (χ2n) is 7.05. The third-order valence-corrected chi connectivity index (χ3v) is 7.35. The molecule has 3 N–H and O–H groups in total. The maximum atomic E-state index is 12.8. The molecule has 9 heteroatoms. The standard InChI is InChI=1S/C23H17ClN4O2S2/c24-17-3-1-2-4-19(17)32-21-22(29)27-28(23(21)30)20(16-10-12-31-13-16)15-7-5-14(6-8-15)18-9-11-25-26-18/h1-13,20,30H,(H,25,26)(H,27,29). The molecule has 2 aromatic carbocycles. The fourth-order valence-electron chi connectivity index (χ4n) is 3.52. The van der Waals surface area contributed by atoms with Gasteiger partial charge < -0.3 is 5.11 Å². The van der Waals surface area contributed by atoms with E-state index in [4.69, 9.17) is 11.6 Å². The maximum absolute atomic E-state index is 12.8. The zero-order valence-electron chi connectivity index (χ0n) is 16.5. The van der Waals surface area contributed by atoms with Gasteiger partial charge in [-0.2, -0.15) is 16.4 Å². The number of halogens is 1. The number of hydrogen-bond acceptors (Lipinski definition) is 5. The summed E-state index contributed by atoms with van der Waals surface area (Å²) in [4.78, 5) is 13.7. The number of thiophene rings is 1.